The zero-order valence-corrected chi connectivity index (χ0v) is 10.3. The molecule has 0 radical (unpaired) electrons. The van der Waals surface area contributed by atoms with Crippen LogP contribution in [0.5, 0.6) is 11.6 Å². The minimum absolute atomic E-state index is 0.0554. The van der Waals surface area contributed by atoms with Crippen LogP contribution in [0.15, 0.2) is 30.6 Å². The molecular formula is C12H6N4O5. The van der Waals surface area contributed by atoms with Crippen molar-refractivity contribution < 1.29 is 19.6 Å². The van der Waals surface area contributed by atoms with Crippen molar-refractivity contribution in [3.63, 3.8) is 0 Å². The predicted octanol–water partition coefficient (Wildman–Crippen LogP) is 1.75. The van der Waals surface area contributed by atoms with Crippen LogP contribution in [0.2, 0.25) is 0 Å². The van der Waals surface area contributed by atoms with Crippen LogP contribution in [0.25, 0.3) is 0 Å². The Kier molecular flexibility index (Phi) is 3.71. The Hall–Kier alpha value is -3.54. The number of benzene rings is 1. The normalized spacial score (nSPS) is 9.67. The van der Waals surface area contributed by atoms with Crippen LogP contribution in [0, 0.1) is 21.4 Å². The molecule has 1 aromatic carbocycles. The first-order valence-electron chi connectivity index (χ1n) is 5.43. The molecule has 9 nitrogen and oxygen atoms in total. The lowest BCUT2D eigenvalue weighted by atomic mass is 10.1. The van der Waals surface area contributed by atoms with Gasteiger partial charge in [0, 0.05) is 6.07 Å². The third-order valence-corrected chi connectivity index (χ3v) is 2.37. The highest BCUT2D eigenvalue weighted by molar-refractivity contribution is 5.95. The number of aromatic nitrogens is 2. The molecule has 0 aliphatic heterocycles. The summed E-state index contributed by atoms with van der Waals surface area (Å²) in [4.78, 5) is 28.6. The Balaban J connectivity index is 2.44. The number of rotatable bonds is 4. The van der Waals surface area contributed by atoms with E-state index in [0.717, 1.165) is 18.5 Å². The fourth-order valence-electron chi connectivity index (χ4n) is 1.51. The third kappa shape index (κ3) is 2.90. The summed E-state index contributed by atoms with van der Waals surface area (Å²) in [7, 11) is 0. The molecule has 1 aromatic heterocycles. The van der Waals surface area contributed by atoms with Gasteiger partial charge < -0.3 is 9.84 Å². The summed E-state index contributed by atoms with van der Waals surface area (Å²) in [5, 5.41) is 28.5. The van der Waals surface area contributed by atoms with Gasteiger partial charge in [0.25, 0.3) is 5.69 Å². The molecule has 1 heterocycles. The van der Waals surface area contributed by atoms with Gasteiger partial charge in [-0.3, -0.25) is 10.1 Å². The molecule has 1 N–H and O–H groups in total. The predicted molar refractivity (Wildman–Crippen MR) is 66.9 cm³/mol. The van der Waals surface area contributed by atoms with Gasteiger partial charge in [-0.2, -0.15) is 5.26 Å². The van der Waals surface area contributed by atoms with Gasteiger partial charge in [0.15, 0.2) is 17.0 Å². The number of nitriles is 1. The van der Waals surface area contributed by atoms with Crippen molar-refractivity contribution in [1.82, 2.24) is 9.97 Å². The first kappa shape index (κ1) is 13.9. The van der Waals surface area contributed by atoms with Crippen LogP contribution in [-0.2, 0) is 0 Å². The van der Waals surface area contributed by atoms with E-state index >= 15 is 0 Å². The molecule has 0 atom stereocenters. The van der Waals surface area contributed by atoms with E-state index in [9.17, 15) is 14.9 Å². The van der Waals surface area contributed by atoms with Gasteiger partial charge >= 0.3 is 5.97 Å². The lowest BCUT2D eigenvalue weighted by Crippen LogP contribution is -2.05. The van der Waals surface area contributed by atoms with E-state index in [2.05, 4.69) is 9.97 Å². The number of hydrogen-bond donors (Lipinski definition) is 1. The highest BCUT2D eigenvalue weighted by atomic mass is 16.6. The molecule has 104 valence electrons. The van der Waals surface area contributed by atoms with Gasteiger partial charge in [0.2, 0.25) is 5.88 Å². The van der Waals surface area contributed by atoms with Crippen LogP contribution in [0.1, 0.15) is 16.1 Å². The Morgan fingerprint density at radius 3 is 2.67 bits per heavy atom. The van der Waals surface area contributed by atoms with Crippen molar-refractivity contribution in [2.45, 2.75) is 0 Å². The molecule has 0 aliphatic carbocycles. The van der Waals surface area contributed by atoms with Gasteiger partial charge in [-0.05, 0) is 6.07 Å². The molecule has 0 bridgehead atoms. The number of nitrogens with zero attached hydrogens (tertiary/aromatic N) is 4. The number of nitro groups is 1. The summed E-state index contributed by atoms with van der Waals surface area (Å²) >= 11 is 0. The molecule has 2 rings (SSSR count). The van der Waals surface area contributed by atoms with Gasteiger partial charge in [-0.15, -0.1) is 0 Å². The van der Waals surface area contributed by atoms with Crippen molar-refractivity contribution in [3.05, 3.63) is 52.0 Å². The lowest BCUT2D eigenvalue weighted by Gasteiger charge is -2.07. The lowest BCUT2D eigenvalue weighted by molar-refractivity contribution is -0.385. The quantitative estimate of drug-likeness (QED) is 0.662. The third-order valence-electron chi connectivity index (χ3n) is 2.37. The topological polar surface area (TPSA) is 139 Å². The summed E-state index contributed by atoms with van der Waals surface area (Å²) in [6.45, 7) is 0. The summed E-state index contributed by atoms with van der Waals surface area (Å²) in [5.41, 5.74) is -1.13. The second kappa shape index (κ2) is 5.62. The number of nitro benzene ring substituents is 1. The average Bonchev–Trinajstić information content (AvgIpc) is 2.47. The van der Waals surface area contributed by atoms with E-state index in [0.29, 0.717) is 0 Å². The van der Waals surface area contributed by atoms with Crippen LogP contribution in [0.3, 0.4) is 0 Å². The number of carboxylic acids is 1. The van der Waals surface area contributed by atoms with Gasteiger partial charge in [0.05, 0.1) is 17.3 Å². The second-order valence-corrected chi connectivity index (χ2v) is 3.67. The van der Waals surface area contributed by atoms with Crippen LogP contribution in [-0.4, -0.2) is 26.0 Å². The van der Waals surface area contributed by atoms with Crippen LogP contribution >= 0.6 is 0 Å². The van der Waals surface area contributed by atoms with Crippen molar-refractivity contribution in [2.24, 2.45) is 0 Å². The largest absolute Gasteiger partial charge is 0.477 e. The Bertz CT molecular complexity index is 751. The van der Waals surface area contributed by atoms with E-state index in [1.807, 2.05) is 0 Å². The molecule has 0 fully saturated rings. The van der Waals surface area contributed by atoms with Crippen molar-refractivity contribution in [1.29, 1.82) is 5.26 Å². The van der Waals surface area contributed by atoms with Crippen LogP contribution < -0.4 is 4.74 Å². The molecule has 0 aliphatic rings. The molecular weight excluding hydrogens is 280 g/mol. The smallest absolute Gasteiger partial charge is 0.346 e. The van der Waals surface area contributed by atoms with E-state index in [1.54, 1.807) is 6.07 Å². The maximum absolute atomic E-state index is 11.2. The number of ether oxygens (including phenoxy) is 1. The maximum atomic E-state index is 11.2. The number of carbonyl (C=O) groups is 1. The Labute approximate surface area is 117 Å². The highest BCUT2D eigenvalue weighted by Crippen LogP contribution is 2.30. The molecule has 0 unspecified atom stereocenters. The van der Waals surface area contributed by atoms with Crippen molar-refractivity contribution in [3.8, 4) is 17.7 Å². The molecule has 0 saturated carbocycles. The number of aromatic carboxylic acids is 1. The average molecular weight is 286 g/mol. The summed E-state index contributed by atoms with van der Waals surface area (Å²) in [5.74, 6) is -1.83. The first-order chi connectivity index (χ1) is 10.0. The Morgan fingerprint density at radius 1 is 1.38 bits per heavy atom. The van der Waals surface area contributed by atoms with Crippen molar-refractivity contribution in [2.75, 3.05) is 0 Å². The van der Waals surface area contributed by atoms with Crippen LogP contribution in [0.4, 0.5) is 5.69 Å². The molecule has 2 aromatic rings. The monoisotopic (exact) mass is 286 g/mol. The fourth-order valence-corrected chi connectivity index (χ4v) is 1.51. The molecule has 9 heteroatoms. The molecule has 21 heavy (non-hydrogen) atoms. The Morgan fingerprint density at radius 2 is 2.14 bits per heavy atom. The van der Waals surface area contributed by atoms with Crippen molar-refractivity contribution >= 4 is 11.7 Å². The summed E-state index contributed by atoms with van der Waals surface area (Å²) < 4.78 is 5.19. The highest BCUT2D eigenvalue weighted by Gasteiger charge is 2.25. The molecule has 0 spiro atoms. The molecule has 0 amide bonds. The standard InChI is InChI=1S/C12H6N4O5/c13-4-7-5-15-10(6-14-7)21-9-3-1-2-8(16(19)20)11(9)12(17)18/h1-3,5-6H,(H,17,18). The van der Waals surface area contributed by atoms with Gasteiger partial charge in [-0.25, -0.2) is 14.8 Å². The van der Waals surface area contributed by atoms with E-state index in [-0.39, 0.29) is 17.3 Å². The van der Waals surface area contributed by atoms with E-state index in [1.165, 1.54) is 12.1 Å². The van der Waals surface area contributed by atoms with E-state index < -0.39 is 22.1 Å². The van der Waals surface area contributed by atoms with Gasteiger partial charge in [0.1, 0.15) is 6.07 Å². The number of hydrogen-bond acceptors (Lipinski definition) is 7. The van der Waals surface area contributed by atoms with Gasteiger partial charge in [-0.1, -0.05) is 6.07 Å². The molecule has 0 saturated heterocycles. The van der Waals surface area contributed by atoms with E-state index in [4.69, 9.17) is 15.1 Å². The zero-order chi connectivity index (χ0) is 15.4. The summed E-state index contributed by atoms with van der Waals surface area (Å²) in [6, 6.07) is 5.36. The zero-order valence-electron chi connectivity index (χ0n) is 10.3. The SMILES string of the molecule is N#Cc1cnc(Oc2cccc([N+](=O)[O-])c2C(=O)O)cn1. The number of carboxylic acid groups (broad SMARTS) is 1. The first-order valence-corrected chi connectivity index (χ1v) is 5.43. The minimum atomic E-state index is -1.50. The second-order valence-electron chi connectivity index (χ2n) is 3.67. The minimum Gasteiger partial charge on any atom is -0.477 e. The maximum Gasteiger partial charge on any atom is 0.346 e. The summed E-state index contributed by atoms with van der Waals surface area (Å²) in [6.07, 6.45) is 2.25. The fraction of sp³-hybridized carbons (Fsp3) is 0.